The lowest BCUT2D eigenvalue weighted by Gasteiger charge is -2.23. The summed E-state index contributed by atoms with van der Waals surface area (Å²) in [6, 6.07) is 0. The number of carboxylic acid groups (broad SMARTS) is 3. The number of aliphatic hydroxyl groups is 3. The van der Waals surface area contributed by atoms with Gasteiger partial charge in [0.25, 0.3) is 0 Å². The monoisotopic (exact) mass is 508 g/mol. The number of aliphatic carboxylic acids is 3. The van der Waals surface area contributed by atoms with Crippen LogP contribution in [0, 0.1) is 13.8 Å². The van der Waals surface area contributed by atoms with Gasteiger partial charge in [-0.2, -0.15) is 4.57 Å². The minimum Gasteiger partial charge on any atom is -1.00 e. The number of hydrogen-bond donors (Lipinski definition) is 7. The molecule has 0 aromatic carbocycles. The third-order valence-electron chi connectivity index (χ3n) is 4.33. The molecule has 33 heavy (non-hydrogen) atoms. The number of aryl methyl sites for hydroxylation is 1. The Labute approximate surface area is 198 Å². The Morgan fingerprint density at radius 1 is 1.24 bits per heavy atom. The second-order valence-corrected chi connectivity index (χ2v) is 7.64. The molecule has 0 saturated carbocycles. The average Bonchev–Trinajstić information content (AvgIpc) is 3.03. The lowest BCUT2D eigenvalue weighted by molar-refractivity contribution is -0.689. The summed E-state index contributed by atoms with van der Waals surface area (Å²) in [6.45, 7) is 4.71. The van der Waals surface area contributed by atoms with E-state index in [1.54, 1.807) is 17.5 Å². The van der Waals surface area contributed by atoms with E-state index in [0.29, 0.717) is 24.6 Å². The topological polar surface area (TPSA) is 228 Å². The van der Waals surface area contributed by atoms with Gasteiger partial charge in [0, 0.05) is 26.1 Å². The highest BCUT2D eigenvalue weighted by Gasteiger charge is 2.49. The summed E-state index contributed by atoms with van der Waals surface area (Å²) in [7, 11) is 0. The van der Waals surface area contributed by atoms with Gasteiger partial charge >= 0.3 is 17.9 Å². The number of carbonyl (C=O) groups is 3. The number of carboxylic acids is 3. The van der Waals surface area contributed by atoms with E-state index in [9.17, 15) is 14.4 Å². The summed E-state index contributed by atoms with van der Waals surface area (Å²) < 4.78 is 2.11. The number of aliphatic hydroxyl groups excluding tert-OH is 2. The first-order valence-electron chi connectivity index (χ1n) is 9.07. The molecule has 2 aromatic heterocycles. The SMILES string of the molecule is Cc1ncc(C[n+]2csc(CCO)c2C)c(N)n1.O=C(O)CC(O)(C(=O)O)C(O)C(=O)O.[Cl-]. The highest BCUT2D eigenvalue weighted by molar-refractivity contribution is 7.09. The van der Waals surface area contributed by atoms with Crippen molar-refractivity contribution in [2.75, 3.05) is 12.3 Å². The zero-order valence-electron chi connectivity index (χ0n) is 17.7. The first kappa shape index (κ1) is 30.1. The van der Waals surface area contributed by atoms with E-state index in [0.717, 1.165) is 11.3 Å². The molecule has 0 amide bonds. The second kappa shape index (κ2) is 13.0. The van der Waals surface area contributed by atoms with Gasteiger partial charge in [-0.25, -0.2) is 19.6 Å². The number of aromatic nitrogens is 3. The van der Waals surface area contributed by atoms with Gasteiger partial charge < -0.3 is 48.8 Å². The molecule has 15 heteroatoms. The molecular weight excluding hydrogens is 484 g/mol. The van der Waals surface area contributed by atoms with Crippen molar-refractivity contribution < 1.29 is 62.0 Å². The van der Waals surface area contributed by atoms with E-state index in [2.05, 4.69) is 14.5 Å². The van der Waals surface area contributed by atoms with Crippen molar-refractivity contribution in [3.05, 3.63) is 33.7 Å². The molecule has 0 aliphatic heterocycles. The number of halogens is 1. The fourth-order valence-electron chi connectivity index (χ4n) is 2.49. The quantitative estimate of drug-likeness (QED) is 0.158. The molecule has 184 valence electrons. The standard InChI is InChI=1S/C12H17N4OS.C6H8O8.ClH/c1-8-11(3-4-17)18-7-16(8)6-10-5-14-9(2)15-12(10)13;7-2(8)1-6(14,5(12)13)3(9)4(10)11;/h5,7,17H,3-4,6H2,1-2H3,(H2,13,14,15);3,9,14H,1H2,(H,7,8)(H,10,11)(H,12,13);1H/q+1;;/p-1. The van der Waals surface area contributed by atoms with Crippen LogP contribution in [0.4, 0.5) is 5.82 Å². The maximum Gasteiger partial charge on any atom is 0.339 e. The van der Waals surface area contributed by atoms with Crippen molar-refractivity contribution in [3.63, 3.8) is 0 Å². The van der Waals surface area contributed by atoms with Crippen LogP contribution in [0.3, 0.4) is 0 Å². The van der Waals surface area contributed by atoms with Gasteiger partial charge in [-0.05, 0) is 6.92 Å². The van der Waals surface area contributed by atoms with Gasteiger partial charge in [0.15, 0.2) is 18.3 Å². The first-order valence-corrected chi connectivity index (χ1v) is 9.95. The number of nitrogens with zero attached hydrogens (tertiary/aromatic N) is 3. The van der Waals surface area contributed by atoms with Gasteiger partial charge in [-0.1, -0.05) is 11.3 Å². The van der Waals surface area contributed by atoms with Gasteiger partial charge in [-0.15, -0.1) is 0 Å². The van der Waals surface area contributed by atoms with Gasteiger partial charge in [0.05, 0.1) is 16.9 Å². The Hall–Kier alpha value is -2.91. The largest absolute Gasteiger partial charge is 1.00 e. The molecule has 2 rings (SSSR count). The lowest BCUT2D eigenvalue weighted by atomic mass is 9.93. The Kier molecular flexibility index (Phi) is 11.8. The zero-order valence-corrected chi connectivity index (χ0v) is 19.2. The van der Waals surface area contributed by atoms with Crippen LogP contribution >= 0.6 is 11.3 Å². The number of nitrogens with two attached hydrogens (primary N) is 1. The zero-order chi connectivity index (χ0) is 24.6. The van der Waals surface area contributed by atoms with E-state index in [4.69, 9.17) is 36.4 Å². The molecule has 0 radical (unpaired) electrons. The minimum absolute atomic E-state index is 0. The third-order valence-corrected chi connectivity index (χ3v) is 5.48. The summed E-state index contributed by atoms with van der Waals surface area (Å²) in [6.07, 6.45) is -1.64. The number of rotatable bonds is 9. The number of anilines is 1. The number of hydrogen-bond acceptors (Lipinski definition) is 10. The third kappa shape index (κ3) is 8.18. The molecular formula is C18H25ClN4O9S. The molecule has 2 atom stereocenters. The van der Waals surface area contributed by atoms with Crippen molar-refractivity contribution in [2.45, 2.75) is 44.9 Å². The van der Waals surface area contributed by atoms with Crippen LogP contribution in [0.5, 0.6) is 0 Å². The van der Waals surface area contributed by atoms with E-state index < -0.39 is 36.0 Å². The van der Waals surface area contributed by atoms with Gasteiger partial charge in [0.1, 0.15) is 11.6 Å². The molecule has 8 N–H and O–H groups in total. The van der Waals surface area contributed by atoms with E-state index in [1.165, 1.54) is 4.88 Å². The van der Waals surface area contributed by atoms with Crippen molar-refractivity contribution in [1.29, 1.82) is 0 Å². The molecule has 0 aliphatic rings. The van der Waals surface area contributed by atoms with Crippen LogP contribution in [0.1, 0.15) is 28.4 Å². The summed E-state index contributed by atoms with van der Waals surface area (Å²) in [5.74, 6) is -4.66. The smallest absolute Gasteiger partial charge is 0.339 e. The van der Waals surface area contributed by atoms with E-state index in [-0.39, 0.29) is 19.0 Å². The fraction of sp³-hybridized carbons (Fsp3) is 0.444. The Morgan fingerprint density at radius 3 is 2.30 bits per heavy atom. The molecule has 0 saturated heterocycles. The van der Waals surface area contributed by atoms with Crippen LogP contribution in [-0.2, 0) is 27.3 Å². The minimum atomic E-state index is -3.22. The fourth-order valence-corrected chi connectivity index (χ4v) is 3.47. The highest BCUT2D eigenvalue weighted by atomic mass is 35.5. The first-order chi connectivity index (χ1) is 14.8. The van der Waals surface area contributed by atoms with Crippen LogP contribution < -0.4 is 22.7 Å². The normalized spacial score (nSPS) is 13.0. The maximum atomic E-state index is 10.4. The lowest BCUT2D eigenvalue weighted by Crippen LogP contribution is -3.00. The molecule has 0 aliphatic carbocycles. The van der Waals surface area contributed by atoms with Crippen LogP contribution in [0.15, 0.2) is 11.7 Å². The summed E-state index contributed by atoms with van der Waals surface area (Å²) in [4.78, 5) is 40.2. The predicted octanol–water partition coefficient (Wildman–Crippen LogP) is -4.67. The highest BCUT2D eigenvalue weighted by Crippen LogP contribution is 2.17. The average molecular weight is 509 g/mol. The Bertz CT molecular complexity index is 988. The summed E-state index contributed by atoms with van der Waals surface area (Å²) in [5, 5.41) is 51.6. The predicted molar refractivity (Wildman–Crippen MR) is 109 cm³/mol. The maximum absolute atomic E-state index is 10.4. The van der Waals surface area contributed by atoms with Crippen molar-refractivity contribution in [3.8, 4) is 0 Å². The Morgan fingerprint density at radius 2 is 1.85 bits per heavy atom. The molecule has 2 aromatic rings. The number of nitrogen functional groups attached to an aromatic ring is 1. The molecule has 13 nitrogen and oxygen atoms in total. The van der Waals surface area contributed by atoms with Gasteiger partial charge in [0.2, 0.25) is 11.1 Å². The van der Waals surface area contributed by atoms with E-state index >= 15 is 0 Å². The molecule has 2 heterocycles. The molecule has 0 bridgehead atoms. The van der Waals surface area contributed by atoms with E-state index in [1.807, 2.05) is 19.4 Å². The van der Waals surface area contributed by atoms with Gasteiger partial charge in [-0.3, -0.25) is 4.79 Å². The second-order valence-electron chi connectivity index (χ2n) is 6.70. The van der Waals surface area contributed by atoms with Crippen molar-refractivity contribution >= 4 is 35.1 Å². The number of thiazole rings is 1. The molecule has 0 spiro atoms. The van der Waals surface area contributed by atoms with Crippen LogP contribution in [0.2, 0.25) is 0 Å². The van der Waals surface area contributed by atoms with Crippen LogP contribution in [0.25, 0.3) is 0 Å². The van der Waals surface area contributed by atoms with Crippen LogP contribution in [-0.4, -0.2) is 76.8 Å². The summed E-state index contributed by atoms with van der Waals surface area (Å²) >= 11 is 1.65. The van der Waals surface area contributed by atoms with Crippen molar-refractivity contribution in [1.82, 2.24) is 9.97 Å². The molecule has 2 unspecified atom stereocenters. The van der Waals surface area contributed by atoms with Crippen molar-refractivity contribution in [2.24, 2.45) is 0 Å². The molecule has 0 fully saturated rings. The Balaban J connectivity index is 0.000000624. The summed E-state index contributed by atoms with van der Waals surface area (Å²) in [5.41, 5.74) is 6.78.